The number of aryl methyl sites for hydroxylation is 1. The van der Waals surface area contributed by atoms with Crippen molar-refractivity contribution >= 4 is 40.7 Å². The van der Waals surface area contributed by atoms with Gasteiger partial charge in [-0.15, -0.1) is 0 Å². The number of hydrogen-bond donors (Lipinski definition) is 4. The molecular weight excluding hydrogens is 562 g/mol. The number of ether oxygens (including phenoxy) is 1. The van der Waals surface area contributed by atoms with Crippen molar-refractivity contribution < 1.29 is 29.0 Å². The van der Waals surface area contributed by atoms with Crippen molar-refractivity contribution in [2.45, 2.75) is 96.9 Å². The number of primary amides is 1. The smallest absolute Gasteiger partial charge is 0.316 e. The topological polar surface area (TPSA) is 164 Å². The lowest BCUT2D eigenvalue weighted by atomic mass is 9.72. The monoisotopic (exact) mass is 607 g/mol. The van der Waals surface area contributed by atoms with Gasteiger partial charge in [0, 0.05) is 17.6 Å². The molecule has 0 bridgehead atoms. The molecule has 5 N–H and O–H groups in total. The van der Waals surface area contributed by atoms with Gasteiger partial charge in [-0.2, -0.15) is 0 Å². The van der Waals surface area contributed by atoms with E-state index >= 15 is 0 Å². The van der Waals surface area contributed by atoms with E-state index < -0.39 is 53.4 Å². The highest BCUT2D eigenvalue weighted by atomic mass is 16.5. The van der Waals surface area contributed by atoms with E-state index in [1.807, 2.05) is 42.5 Å². The normalized spacial score (nSPS) is 23.8. The number of carbonyl (C=O) groups is 4. The summed E-state index contributed by atoms with van der Waals surface area (Å²) in [6.45, 7) is 7.52. The zero-order chi connectivity index (χ0) is 32.0. The molecule has 2 fully saturated rings. The quantitative estimate of drug-likeness (QED) is 0.300. The first kappa shape index (κ1) is 33.1. The molecule has 1 saturated carbocycles. The van der Waals surface area contributed by atoms with Crippen LogP contribution in [0.4, 0.5) is 0 Å². The van der Waals surface area contributed by atoms with Crippen LogP contribution in [0.15, 0.2) is 36.4 Å². The van der Waals surface area contributed by atoms with Crippen LogP contribution in [-0.2, 0) is 30.3 Å². The zero-order valence-electron chi connectivity index (χ0n) is 26.0. The summed E-state index contributed by atoms with van der Waals surface area (Å²) in [5.41, 5.74) is 9.94. The molecule has 11 nitrogen and oxygen atoms in total. The third-order valence-corrected chi connectivity index (χ3v) is 8.61. The molecule has 1 saturated heterocycles. The van der Waals surface area contributed by atoms with E-state index in [0.717, 1.165) is 28.6 Å². The maximum absolute atomic E-state index is 13.9. The maximum atomic E-state index is 13.9. The molecule has 3 amide bonds. The highest BCUT2D eigenvalue weighted by molar-refractivity contribution is 5.91. The van der Waals surface area contributed by atoms with Gasteiger partial charge >= 0.3 is 5.97 Å². The standard InChI is InChI=1S/C33H45N5O6/c1-5-24-11-10-23-9-8-22(19-27(23)36-24)12-15-33(16-13-25(39)14-17-33)32(43)44-28(20(2)3)30(41)35-21(4)31(42)38-18-6-7-26(37-38)29(34)40/h8-12,15,19-21,25-26,28,37,39H,5-7,13-14,16-18H2,1-4H3,(H2,34,40)(H,35,41)/b15-12+/t21-,25-,26-,28-,33+/m0/s1. The van der Waals surface area contributed by atoms with Crippen molar-refractivity contribution in [2.75, 3.05) is 6.54 Å². The van der Waals surface area contributed by atoms with Crippen molar-refractivity contribution in [3.63, 3.8) is 0 Å². The van der Waals surface area contributed by atoms with Gasteiger partial charge in [0.1, 0.15) is 12.1 Å². The molecule has 0 spiro atoms. The first-order valence-electron chi connectivity index (χ1n) is 15.6. The number of hydrogen-bond acceptors (Lipinski definition) is 8. The van der Waals surface area contributed by atoms with Crippen LogP contribution in [0.2, 0.25) is 0 Å². The Bertz CT molecular complexity index is 1400. The van der Waals surface area contributed by atoms with Gasteiger partial charge in [-0.1, -0.05) is 51.1 Å². The Hall–Kier alpha value is -3.83. The number of carbonyl (C=O) groups excluding carboxylic acids is 4. The van der Waals surface area contributed by atoms with E-state index in [-0.39, 0.29) is 5.92 Å². The number of aliphatic hydroxyl groups excluding tert-OH is 1. The molecule has 1 aromatic carbocycles. The number of rotatable bonds is 10. The summed E-state index contributed by atoms with van der Waals surface area (Å²) >= 11 is 0. The minimum absolute atomic E-state index is 0.372. The van der Waals surface area contributed by atoms with Crippen molar-refractivity contribution in [3.05, 3.63) is 47.7 Å². The molecule has 0 radical (unpaired) electrons. The zero-order valence-corrected chi connectivity index (χ0v) is 26.0. The Morgan fingerprint density at radius 3 is 2.52 bits per heavy atom. The first-order chi connectivity index (χ1) is 20.9. The summed E-state index contributed by atoms with van der Waals surface area (Å²) in [5.74, 6) is -2.47. The third-order valence-electron chi connectivity index (χ3n) is 8.61. The Labute approximate surface area is 258 Å². The maximum Gasteiger partial charge on any atom is 0.316 e. The number of aliphatic hydroxyl groups is 1. The second kappa shape index (κ2) is 14.3. The molecule has 0 unspecified atom stereocenters. The van der Waals surface area contributed by atoms with Gasteiger partial charge in [0.25, 0.3) is 11.8 Å². The van der Waals surface area contributed by atoms with Crippen LogP contribution in [0.3, 0.4) is 0 Å². The molecule has 2 aliphatic rings. The Kier molecular flexibility index (Phi) is 10.7. The van der Waals surface area contributed by atoms with Gasteiger partial charge in [-0.3, -0.25) is 29.2 Å². The number of nitrogens with one attached hydrogen (secondary N) is 2. The second-order valence-electron chi connectivity index (χ2n) is 12.3. The van der Waals surface area contributed by atoms with Crippen molar-refractivity contribution in [1.82, 2.24) is 20.7 Å². The Balaban J connectivity index is 1.49. The number of nitrogens with zero attached hydrogens (tertiary/aromatic N) is 2. The summed E-state index contributed by atoms with van der Waals surface area (Å²) < 4.78 is 5.92. The van der Waals surface area contributed by atoms with Gasteiger partial charge in [0.15, 0.2) is 6.10 Å². The fraction of sp³-hybridized carbons (Fsp3) is 0.545. The fourth-order valence-electron chi connectivity index (χ4n) is 5.76. The molecular formula is C33H45N5O6. The predicted molar refractivity (Wildman–Crippen MR) is 166 cm³/mol. The molecule has 3 atom stereocenters. The summed E-state index contributed by atoms with van der Waals surface area (Å²) in [6.07, 6.45) is 5.63. The van der Waals surface area contributed by atoms with Crippen molar-refractivity contribution in [3.8, 4) is 0 Å². The molecule has 2 heterocycles. The van der Waals surface area contributed by atoms with Gasteiger partial charge < -0.3 is 20.9 Å². The van der Waals surface area contributed by atoms with Crippen LogP contribution in [0.1, 0.15) is 77.5 Å². The van der Waals surface area contributed by atoms with Crippen molar-refractivity contribution in [1.29, 1.82) is 0 Å². The summed E-state index contributed by atoms with van der Waals surface area (Å²) in [4.78, 5) is 56.6. The van der Waals surface area contributed by atoms with E-state index in [4.69, 9.17) is 15.5 Å². The molecule has 44 heavy (non-hydrogen) atoms. The molecule has 1 aliphatic heterocycles. The molecule has 1 aromatic heterocycles. The average Bonchev–Trinajstić information content (AvgIpc) is 3.02. The van der Waals surface area contributed by atoms with Crippen LogP contribution in [-0.4, -0.2) is 69.6 Å². The highest BCUT2D eigenvalue weighted by Crippen LogP contribution is 2.40. The first-order valence-corrected chi connectivity index (χ1v) is 15.6. The number of amides is 3. The SMILES string of the molecule is CCc1ccc2ccc(/C=C/[C@]3(C(=O)O[C@H](C(=O)N[C@@H](C)C(=O)N4CCC[C@@H](C(N)=O)N4)C(C)C)CC[C@@H](O)CC3)cc2n1. The van der Waals surface area contributed by atoms with Crippen LogP contribution < -0.4 is 16.5 Å². The number of nitrogens with two attached hydrogens (primary N) is 1. The lowest BCUT2D eigenvalue weighted by Crippen LogP contribution is -2.60. The van der Waals surface area contributed by atoms with Crippen LogP contribution >= 0.6 is 0 Å². The summed E-state index contributed by atoms with van der Waals surface area (Å²) in [5, 5.41) is 15.2. The number of fused-ring (bicyclic) bond motifs is 1. The number of pyridine rings is 1. The van der Waals surface area contributed by atoms with E-state index in [0.29, 0.717) is 45.1 Å². The highest BCUT2D eigenvalue weighted by Gasteiger charge is 2.43. The van der Waals surface area contributed by atoms with E-state index in [2.05, 4.69) is 17.7 Å². The largest absolute Gasteiger partial charge is 0.451 e. The van der Waals surface area contributed by atoms with Gasteiger partial charge in [-0.25, -0.2) is 5.43 Å². The molecule has 1 aliphatic carbocycles. The number of hydrazine groups is 1. The second-order valence-corrected chi connectivity index (χ2v) is 12.3. The minimum Gasteiger partial charge on any atom is -0.451 e. The van der Waals surface area contributed by atoms with Gasteiger partial charge in [-0.05, 0) is 75.5 Å². The lowest BCUT2D eigenvalue weighted by molar-refractivity contribution is -0.168. The minimum atomic E-state index is -1.14. The van der Waals surface area contributed by atoms with E-state index in [1.54, 1.807) is 20.8 Å². The third kappa shape index (κ3) is 7.81. The number of aromatic nitrogens is 1. The fourth-order valence-corrected chi connectivity index (χ4v) is 5.76. The lowest BCUT2D eigenvalue weighted by Gasteiger charge is -2.36. The van der Waals surface area contributed by atoms with Gasteiger partial charge in [0.05, 0.1) is 17.0 Å². The molecule has 11 heteroatoms. The number of esters is 1. The Morgan fingerprint density at radius 2 is 1.86 bits per heavy atom. The number of benzene rings is 1. The molecule has 238 valence electrons. The van der Waals surface area contributed by atoms with Crippen molar-refractivity contribution in [2.24, 2.45) is 17.1 Å². The van der Waals surface area contributed by atoms with Gasteiger partial charge in [0.2, 0.25) is 5.91 Å². The Morgan fingerprint density at radius 1 is 1.16 bits per heavy atom. The van der Waals surface area contributed by atoms with Crippen LogP contribution in [0.25, 0.3) is 17.0 Å². The predicted octanol–water partition coefficient (Wildman–Crippen LogP) is 2.79. The average molecular weight is 608 g/mol. The summed E-state index contributed by atoms with van der Waals surface area (Å²) in [7, 11) is 0. The van der Waals surface area contributed by atoms with Crippen LogP contribution in [0.5, 0.6) is 0 Å². The van der Waals surface area contributed by atoms with E-state index in [9.17, 15) is 24.3 Å². The molecule has 2 aromatic rings. The van der Waals surface area contributed by atoms with E-state index in [1.165, 1.54) is 5.01 Å². The summed E-state index contributed by atoms with van der Waals surface area (Å²) in [6, 6.07) is 8.40. The molecule has 4 rings (SSSR count). The van der Waals surface area contributed by atoms with Crippen LogP contribution in [0, 0.1) is 11.3 Å².